The van der Waals surface area contributed by atoms with Crippen LogP contribution in [0.25, 0.3) is 0 Å². The predicted molar refractivity (Wildman–Crippen MR) is 82.7 cm³/mol. The molecule has 0 aliphatic heterocycles. The van der Waals surface area contributed by atoms with E-state index in [1.807, 2.05) is 0 Å². The van der Waals surface area contributed by atoms with Crippen molar-refractivity contribution in [3.05, 3.63) is 34.6 Å². The maximum absolute atomic E-state index is 13.2. The number of unbranched alkanes of at least 4 members (excludes halogenated alkanes) is 6. The van der Waals surface area contributed by atoms with Gasteiger partial charge in [0.2, 0.25) is 0 Å². The van der Waals surface area contributed by atoms with Crippen LogP contribution in [-0.4, -0.2) is 5.78 Å². The zero-order chi connectivity index (χ0) is 14.8. The van der Waals surface area contributed by atoms with E-state index in [2.05, 4.69) is 6.92 Å². The van der Waals surface area contributed by atoms with Crippen molar-refractivity contribution in [3.8, 4) is 0 Å². The average Bonchev–Trinajstić information content (AvgIpc) is 2.43. The summed E-state index contributed by atoms with van der Waals surface area (Å²) < 4.78 is 13.2. The Morgan fingerprint density at radius 1 is 1.10 bits per heavy atom. The Balaban J connectivity index is 2.19. The number of benzene rings is 1. The molecule has 0 fully saturated rings. The van der Waals surface area contributed by atoms with E-state index in [4.69, 9.17) is 11.6 Å². The predicted octanol–water partition coefficient (Wildman–Crippen LogP) is 5.73. The lowest BCUT2D eigenvalue weighted by Crippen LogP contribution is -2.03. The first-order valence-electron chi connectivity index (χ1n) is 7.59. The Morgan fingerprint density at radius 2 is 1.75 bits per heavy atom. The summed E-state index contributed by atoms with van der Waals surface area (Å²) in [6.45, 7) is 2.20. The van der Waals surface area contributed by atoms with Crippen LogP contribution in [0.3, 0.4) is 0 Å². The number of hydrogen-bond donors (Lipinski definition) is 0. The van der Waals surface area contributed by atoms with Crippen LogP contribution in [0.2, 0.25) is 5.02 Å². The summed E-state index contributed by atoms with van der Waals surface area (Å²) >= 11 is 5.84. The first kappa shape index (κ1) is 17.2. The number of hydrogen-bond acceptors (Lipinski definition) is 1. The molecule has 0 aliphatic carbocycles. The molecule has 1 rings (SSSR count). The summed E-state index contributed by atoms with van der Waals surface area (Å²) in [5.41, 5.74) is 0.597. The van der Waals surface area contributed by atoms with Crippen LogP contribution in [0.15, 0.2) is 18.2 Å². The molecule has 20 heavy (non-hydrogen) atoms. The van der Waals surface area contributed by atoms with Gasteiger partial charge >= 0.3 is 0 Å². The highest BCUT2D eigenvalue weighted by molar-refractivity contribution is 6.31. The van der Waals surface area contributed by atoms with E-state index in [0.29, 0.717) is 12.0 Å². The first-order chi connectivity index (χ1) is 9.65. The van der Waals surface area contributed by atoms with Crippen LogP contribution in [0.5, 0.6) is 0 Å². The van der Waals surface area contributed by atoms with Gasteiger partial charge in [-0.2, -0.15) is 0 Å². The van der Waals surface area contributed by atoms with Gasteiger partial charge in [0.15, 0.2) is 0 Å². The molecule has 0 amide bonds. The fourth-order valence-corrected chi connectivity index (χ4v) is 2.46. The monoisotopic (exact) mass is 298 g/mol. The number of rotatable bonds is 10. The van der Waals surface area contributed by atoms with Gasteiger partial charge in [-0.3, -0.25) is 4.79 Å². The molecule has 0 radical (unpaired) electrons. The Kier molecular flexibility index (Phi) is 8.52. The molecular weight excluding hydrogens is 275 g/mol. The molecule has 0 N–H and O–H groups in total. The van der Waals surface area contributed by atoms with Crippen molar-refractivity contribution in [2.24, 2.45) is 0 Å². The van der Waals surface area contributed by atoms with E-state index < -0.39 is 5.82 Å². The van der Waals surface area contributed by atoms with Crippen LogP contribution in [-0.2, 0) is 11.2 Å². The highest BCUT2D eigenvalue weighted by Crippen LogP contribution is 2.21. The van der Waals surface area contributed by atoms with Gasteiger partial charge in [0.25, 0.3) is 0 Å². The van der Waals surface area contributed by atoms with Crippen LogP contribution in [0, 0.1) is 5.82 Å². The van der Waals surface area contributed by atoms with Gasteiger partial charge in [0.1, 0.15) is 11.6 Å². The molecule has 1 aromatic rings. The molecule has 0 bridgehead atoms. The van der Waals surface area contributed by atoms with Gasteiger partial charge in [0, 0.05) is 12.8 Å². The van der Waals surface area contributed by atoms with E-state index in [-0.39, 0.29) is 17.2 Å². The molecular formula is C17H24ClFO. The zero-order valence-electron chi connectivity index (χ0n) is 12.3. The van der Waals surface area contributed by atoms with Crippen molar-refractivity contribution in [1.82, 2.24) is 0 Å². The SMILES string of the molecule is CCCCCCCCCC(=O)Cc1cccc(F)c1Cl. The van der Waals surface area contributed by atoms with E-state index in [1.54, 1.807) is 12.1 Å². The van der Waals surface area contributed by atoms with Crippen molar-refractivity contribution >= 4 is 17.4 Å². The lowest BCUT2D eigenvalue weighted by molar-refractivity contribution is -0.118. The maximum Gasteiger partial charge on any atom is 0.142 e. The van der Waals surface area contributed by atoms with E-state index in [9.17, 15) is 9.18 Å². The second kappa shape index (κ2) is 9.93. The Labute approximate surface area is 126 Å². The normalized spacial score (nSPS) is 10.8. The molecule has 1 nitrogen and oxygen atoms in total. The summed E-state index contributed by atoms with van der Waals surface area (Å²) in [6, 6.07) is 4.62. The Hall–Kier alpha value is -0.890. The van der Waals surface area contributed by atoms with Crippen molar-refractivity contribution in [2.45, 2.75) is 64.7 Å². The average molecular weight is 299 g/mol. The van der Waals surface area contributed by atoms with Gasteiger partial charge in [-0.15, -0.1) is 0 Å². The lowest BCUT2D eigenvalue weighted by Gasteiger charge is -2.05. The van der Waals surface area contributed by atoms with Crippen LogP contribution in [0.4, 0.5) is 4.39 Å². The topological polar surface area (TPSA) is 17.1 Å². The minimum atomic E-state index is -0.451. The van der Waals surface area contributed by atoms with Crippen LogP contribution < -0.4 is 0 Å². The molecule has 0 aliphatic rings. The molecule has 0 atom stereocenters. The summed E-state index contributed by atoms with van der Waals surface area (Å²) in [6.07, 6.45) is 9.16. The molecule has 0 unspecified atom stereocenters. The van der Waals surface area contributed by atoms with Gasteiger partial charge in [-0.25, -0.2) is 4.39 Å². The third kappa shape index (κ3) is 6.51. The number of ketones is 1. The quantitative estimate of drug-likeness (QED) is 0.504. The highest BCUT2D eigenvalue weighted by Gasteiger charge is 2.09. The second-order valence-electron chi connectivity index (χ2n) is 5.30. The molecule has 0 heterocycles. The van der Waals surface area contributed by atoms with Crippen molar-refractivity contribution in [2.75, 3.05) is 0 Å². The smallest absolute Gasteiger partial charge is 0.142 e. The zero-order valence-corrected chi connectivity index (χ0v) is 13.0. The third-order valence-corrected chi connectivity index (χ3v) is 3.90. The summed E-state index contributed by atoms with van der Waals surface area (Å²) in [5.74, 6) is -0.307. The number of halogens is 2. The Bertz CT molecular complexity index is 417. The first-order valence-corrected chi connectivity index (χ1v) is 7.97. The highest BCUT2D eigenvalue weighted by atomic mass is 35.5. The summed E-state index contributed by atoms with van der Waals surface area (Å²) in [5, 5.41) is 0.0837. The molecule has 0 spiro atoms. The molecule has 1 aromatic carbocycles. The van der Waals surface area contributed by atoms with Crippen LogP contribution >= 0.6 is 11.6 Å². The minimum Gasteiger partial charge on any atom is -0.299 e. The number of Topliss-reactive ketones (excluding diaryl/α,β-unsaturated/α-hetero) is 1. The molecule has 112 valence electrons. The van der Waals surface area contributed by atoms with E-state index in [0.717, 1.165) is 12.8 Å². The minimum absolute atomic E-state index is 0.0837. The van der Waals surface area contributed by atoms with Crippen molar-refractivity contribution in [3.63, 3.8) is 0 Å². The van der Waals surface area contributed by atoms with Gasteiger partial charge < -0.3 is 0 Å². The van der Waals surface area contributed by atoms with Gasteiger partial charge in [0.05, 0.1) is 5.02 Å². The lowest BCUT2D eigenvalue weighted by atomic mass is 10.0. The summed E-state index contributed by atoms with van der Waals surface area (Å²) in [4.78, 5) is 11.8. The van der Waals surface area contributed by atoms with Gasteiger partial charge in [-0.1, -0.05) is 69.2 Å². The fraction of sp³-hybridized carbons (Fsp3) is 0.588. The molecule has 3 heteroatoms. The third-order valence-electron chi connectivity index (χ3n) is 3.48. The molecule has 0 saturated carbocycles. The van der Waals surface area contributed by atoms with Gasteiger partial charge in [-0.05, 0) is 18.1 Å². The van der Waals surface area contributed by atoms with E-state index >= 15 is 0 Å². The summed E-state index contributed by atoms with van der Waals surface area (Å²) in [7, 11) is 0. The maximum atomic E-state index is 13.2. The largest absolute Gasteiger partial charge is 0.299 e. The number of carbonyl (C=O) groups is 1. The Morgan fingerprint density at radius 3 is 2.45 bits per heavy atom. The van der Waals surface area contributed by atoms with Crippen molar-refractivity contribution in [1.29, 1.82) is 0 Å². The standard InChI is InChI=1S/C17H24ClFO/c1-2-3-4-5-6-7-8-11-15(20)13-14-10-9-12-16(19)17(14)18/h9-10,12H,2-8,11,13H2,1H3. The number of carbonyl (C=O) groups excluding carboxylic acids is 1. The van der Waals surface area contributed by atoms with Crippen molar-refractivity contribution < 1.29 is 9.18 Å². The van der Waals surface area contributed by atoms with Crippen LogP contribution in [0.1, 0.15) is 63.9 Å². The van der Waals surface area contributed by atoms with E-state index in [1.165, 1.54) is 38.2 Å². The second-order valence-corrected chi connectivity index (χ2v) is 5.68. The fourth-order valence-electron chi connectivity index (χ4n) is 2.27. The molecule has 0 aromatic heterocycles. The molecule has 0 saturated heterocycles.